The van der Waals surface area contributed by atoms with Gasteiger partial charge in [-0.15, -0.1) is 0 Å². The van der Waals surface area contributed by atoms with E-state index in [0.29, 0.717) is 33.6 Å². The van der Waals surface area contributed by atoms with Gasteiger partial charge in [-0.3, -0.25) is 14.3 Å². The highest BCUT2D eigenvalue weighted by Crippen LogP contribution is 2.29. The Bertz CT molecular complexity index is 1520. The largest absolute Gasteiger partial charge is 0.360 e. The van der Waals surface area contributed by atoms with E-state index in [0.717, 1.165) is 0 Å². The first-order valence-electron chi connectivity index (χ1n) is 9.96. The molecule has 0 fully saturated rings. The molecule has 0 aliphatic heterocycles. The molecule has 0 unspecified atom stereocenters. The van der Waals surface area contributed by atoms with Crippen LogP contribution in [-0.2, 0) is 0 Å². The summed E-state index contributed by atoms with van der Waals surface area (Å²) in [5.41, 5.74) is 2.25. The minimum Gasteiger partial charge on any atom is -0.360 e. The maximum atomic E-state index is 14.1. The summed E-state index contributed by atoms with van der Waals surface area (Å²) in [6, 6.07) is 17.1. The maximum absolute atomic E-state index is 14.1. The molecule has 0 radical (unpaired) electrons. The van der Waals surface area contributed by atoms with Gasteiger partial charge in [0.1, 0.15) is 17.7 Å². The summed E-state index contributed by atoms with van der Waals surface area (Å²) in [7, 11) is 0. The van der Waals surface area contributed by atoms with Crippen molar-refractivity contribution in [3.05, 3.63) is 100 Å². The molecular formula is C24H17ClFN5O. The second kappa shape index (κ2) is 8.01. The third kappa shape index (κ3) is 3.36. The van der Waals surface area contributed by atoms with Crippen molar-refractivity contribution in [2.24, 2.45) is 0 Å². The number of hydrogen-bond donors (Lipinski definition) is 1. The van der Waals surface area contributed by atoms with Gasteiger partial charge in [0.05, 0.1) is 22.0 Å². The molecule has 0 bridgehead atoms. The summed E-state index contributed by atoms with van der Waals surface area (Å²) in [6.07, 6.45) is 3.14. The van der Waals surface area contributed by atoms with Gasteiger partial charge in [0, 0.05) is 17.6 Å². The number of aromatic nitrogens is 4. The number of nitrogens with zero attached hydrogens (tertiary/aromatic N) is 4. The van der Waals surface area contributed by atoms with Crippen molar-refractivity contribution >= 4 is 39.2 Å². The fourth-order valence-corrected chi connectivity index (χ4v) is 4.05. The van der Waals surface area contributed by atoms with E-state index >= 15 is 0 Å². The monoisotopic (exact) mass is 445 g/mol. The third-order valence-electron chi connectivity index (χ3n) is 5.31. The molecule has 0 saturated heterocycles. The first-order chi connectivity index (χ1) is 15.5. The second-order valence-electron chi connectivity index (χ2n) is 7.33. The molecule has 5 rings (SSSR count). The average Bonchev–Trinajstić information content (AvgIpc) is 2.82. The highest BCUT2D eigenvalue weighted by Gasteiger charge is 2.20. The SMILES string of the molecule is C[C@H](Nc1ncnc2cccnc12)c1cc2ccc(F)c(Cl)c2c(=O)n1-c1ccccc1. The minimum atomic E-state index is -0.631. The third-order valence-corrected chi connectivity index (χ3v) is 5.68. The number of para-hydroxylation sites is 1. The Labute approximate surface area is 187 Å². The van der Waals surface area contributed by atoms with Crippen molar-refractivity contribution in [2.45, 2.75) is 13.0 Å². The van der Waals surface area contributed by atoms with Gasteiger partial charge >= 0.3 is 0 Å². The average molecular weight is 446 g/mol. The fraction of sp³-hybridized carbons (Fsp3) is 0.0833. The molecule has 0 aliphatic rings. The van der Waals surface area contributed by atoms with E-state index in [9.17, 15) is 9.18 Å². The lowest BCUT2D eigenvalue weighted by Gasteiger charge is -2.22. The molecule has 3 aromatic heterocycles. The number of fused-ring (bicyclic) bond motifs is 2. The lowest BCUT2D eigenvalue weighted by Crippen LogP contribution is -2.26. The lowest BCUT2D eigenvalue weighted by atomic mass is 10.1. The van der Waals surface area contributed by atoms with Gasteiger partial charge in [-0.2, -0.15) is 0 Å². The van der Waals surface area contributed by atoms with E-state index in [-0.39, 0.29) is 16.5 Å². The molecule has 2 aromatic carbocycles. The zero-order chi connectivity index (χ0) is 22.2. The van der Waals surface area contributed by atoms with E-state index in [1.54, 1.807) is 16.8 Å². The Morgan fingerprint density at radius 2 is 1.84 bits per heavy atom. The minimum absolute atomic E-state index is 0.139. The summed E-state index contributed by atoms with van der Waals surface area (Å²) in [5, 5.41) is 3.86. The van der Waals surface area contributed by atoms with Crippen molar-refractivity contribution in [2.75, 3.05) is 5.32 Å². The predicted octanol–water partition coefficient (Wildman–Crippen LogP) is 5.29. The van der Waals surface area contributed by atoms with Gasteiger partial charge in [-0.05, 0) is 48.7 Å². The van der Waals surface area contributed by atoms with Crippen LogP contribution >= 0.6 is 11.6 Å². The van der Waals surface area contributed by atoms with Gasteiger partial charge < -0.3 is 5.32 Å². The first-order valence-corrected chi connectivity index (χ1v) is 10.3. The van der Waals surface area contributed by atoms with Crippen LogP contribution in [0.4, 0.5) is 10.2 Å². The molecule has 1 atom stereocenters. The molecule has 5 aromatic rings. The summed E-state index contributed by atoms with van der Waals surface area (Å²) in [4.78, 5) is 26.5. The zero-order valence-electron chi connectivity index (χ0n) is 17.0. The Morgan fingerprint density at radius 1 is 1.03 bits per heavy atom. The van der Waals surface area contributed by atoms with Crippen LogP contribution in [-0.4, -0.2) is 19.5 Å². The number of nitrogens with one attached hydrogen (secondary N) is 1. The van der Waals surface area contributed by atoms with E-state index in [1.807, 2.05) is 55.5 Å². The standard InChI is InChI=1S/C24H17ClFN5O/c1-14(30-23-22-18(28-13-29-23)8-5-11-27-22)19-12-15-9-10-17(26)21(25)20(15)24(32)31(19)16-6-3-2-4-7-16/h2-14H,1H3,(H,28,29,30)/t14-/m0/s1. The molecule has 158 valence electrons. The van der Waals surface area contributed by atoms with Crippen molar-refractivity contribution in [1.82, 2.24) is 19.5 Å². The van der Waals surface area contributed by atoms with E-state index < -0.39 is 11.4 Å². The summed E-state index contributed by atoms with van der Waals surface area (Å²) in [5.74, 6) is -0.0827. The molecule has 0 saturated carbocycles. The summed E-state index contributed by atoms with van der Waals surface area (Å²) >= 11 is 6.19. The van der Waals surface area contributed by atoms with Gasteiger partial charge in [0.15, 0.2) is 5.82 Å². The van der Waals surface area contributed by atoms with Gasteiger partial charge in [-0.1, -0.05) is 35.9 Å². The number of anilines is 1. The molecule has 8 heteroatoms. The van der Waals surface area contributed by atoms with Crippen molar-refractivity contribution in [3.8, 4) is 5.69 Å². The molecule has 1 N–H and O–H groups in total. The van der Waals surface area contributed by atoms with Crippen LogP contribution in [0, 0.1) is 5.82 Å². The molecule has 0 amide bonds. The number of hydrogen-bond acceptors (Lipinski definition) is 5. The van der Waals surface area contributed by atoms with Crippen LogP contribution in [0.2, 0.25) is 5.02 Å². The van der Waals surface area contributed by atoms with E-state index in [2.05, 4.69) is 20.3 Å². The van der Waals surface area contributed by atoms with Crippen LogP contribution in [0.5, 0.6) is 0 Å². The molecule has 3 heterocycles. The Morgan fingerprint density at radius 3 is 2.66 bits per heavy atom. The molecule has 6 nitrogen and oxygen atoms in total. The summed E-state index contributed by atoms with van der Waals surface area (Å²) < 4.78 is 15.7. The van der Waals surface area contributed by atoms with Gasteiger partial charge in [-0.25, -0.2) is 14.4 Å². The first kappa shape index (κ1) is 20.1. The van der Waals surface area contributed by atoms with Crippen molar-refractivity contribution in [1.29, 1.82) is 0 Å². The molecule has 0 aliphatic carbocycles. The number of benzene rings is 2. The van der Waals surface area contributed by atoms with Crippen LogP contribution < -0.4 is 10.9 Å². The van der Waals surface area contributed by atoms with Gasteiger partial charge in [0.25, 0.3) is 5.56 Å². The highest BCUT2D eigenvalue weighted by molar-refractivity contribution is 6.35. The van der Waals surface area contributed by atoms with Crippen LogP contribution in [0.25, 0.3) is 27.5 Å². The maximum Gasteiger partial charge on any atom is 0.264 e. The van der Waals surface area contributed by atoms with Gasteiger partial charge in [0.2, 0.25) is 0 Å². The predicted molar refractivity (Wildman–Crippen MR) is 124 cm³/mol. The zero-order valence-corrected chi connectivity index (χ0v) is 17.7. The Hall–Kier alpha value is -3.84. The highest BCUT2D eigenvalue weighted by atomic mass is 35.5. The molecule has 32 heavy (non-hydrogen) atoms. The number of rotatable bonds is 4. The van der Waals surface area contributed by atoms with E-state index in [1.165, 1.54) is 12.4 Å². The van der Waals surface area contributed by atoms with Crippen LogP contribution in [0.15, 0.2) is 78.0 Å². The van der Waals surface area contributed by atoms with Crippen LogP contribution in [0.3, 0.4) is 0 Å². The van der Waals surface area contributed by atoms with E-state index in [4.69, 9.17) is 11.6 Å². The second-order valence-corrected chi connectivity index (χ2v) is 7.71. The fourth-order valence-electron chi connectivity index (χ4n) is 3.80. The molecule has 0 spiro atoms. The quantitative estimate of drug-likeness (QED) is 0.406. The topological polar surface area (TPSA) is 72.7 Å². The number of pyridine rings is 2. The van der Waals surface area contributed by atoms with Crippen molar-refractivity contribution < 1.29 is 4.39 Å². The smallest absolute Gasteiger partial charge is 0.264 e. The van der Waals surface area contributed by atoms with Crippen LogP contribution in [0.1, 0.15) is 18.7 Å². The van der Waals surface area contributed by atoms with Crippen molar-refractivity contribution in [3.63, 3.8) is 0 Å². The lowest BCUT2D eigenvalue weighted by molar-refractivity contribution is 0.629. The normalized spacial score (nSPS) is 12.2. The Balaban J connectivity index is 1.72. The number of halogens is 2. The Kier molecular flexibility index (Phi) is 5.03. The summed E-state index contributed by atoms with van der Waals surface area (Å²) in [6.45, 7) is 1.92. The molecular weight excluding hydrogens is 429 g/mol.